The van der Waals surface area contributed by atoms with Crippen molar-refractivity contribution in [1.82, 2.24) is 4.90 Å². The molecule has 5 heteroatoms. The molecule has 6 N–H and O–H groups in total. The molecule has 0 spiro atoms. The second-order valence-electron chi connectivity index (χ2n) is 4.52. The minimum absolute atomic E-state index is 0.319. The van der Waals surface area contributed by atoms with Crippen LogP contribution in [0.1, 0.15) is 52.9 Å². The van der Waals surface area contributed by atoms with E-state index in [2.05, 4.69) is 11.8 Å². The van der Waals surface area contributed by atoms with Crippen LogP contribution < -0.4 is 11.5 Å². The van der Waals surface area contributed by atoms with Crippen LogP contribution in [0.3, 0.4) is 0 Å². The van der Waals surface area contributed by atoms with E-state index in [9.17, 15) is 0 Å². The summed E-state index contributed by atoms with van der Waals surface area (Å²) in [6.45, 7) is 11.7. The highest BCUT2D eigenvalue weighted by Crippen LogP contribution is 1.95. The Bertz CT molecular complexity index is 130. The Morgan fingerprint density at radius 3 is 1.45 bits per heavy atom. The number of rotatable bonds is 10. The van der Waals surface area contributed by atoms with Crippen molar-refractivity contribution in [2.24, 2.45) is 11.5 Å². The van der Waals surface area contributed by atoms with Crippen molar-refractivity contribution in [3.63, 3.8) is 0 Å². The summed E-state index contributed by atoms with van der Waals surface area (Å²) in [7, 11) is 0. The average molecular weight is 293 g/mol. The predicted molar refractivity (Wildman–Crippen MR) is 88.8 cm³/mol. The number of aliphatic hydroxyl groups is 2. The predicted octanol–water partition coefficient (Wildman–Crippen LogP) is 1.17. The first-order chi connectivity index (χ1) is 9.67. The quantitative estimate of drug-likeness (QED) is 0.454. The monoisotopic (exact) mass is 293 g/mol. The molecule has 20 heavy (non-hydrogen) atoms. The number of aliphatic hydroxyl groups excluding tert-OH is 2. The van der Waals surface area contributed by atoms with Gasteiger partial charge in [-0.15, -0.1) is 0 Å². The summed E-state index contributed by atoms with van der Waals surface area (Å²) < 4.78 is 0. The summed E-state index contributed by atoms with van der Waals surface area (Å²) in [5.41, 5.74) is 10.9. The number of unbranched alkanes of at least 4 members (excludes halogenated alkanes) is 1. The van der Waals surface area contributed by atoms with Gasteiger partial charge >= 0.3 is 0 Å². The lowest BCUT2D eigenvalue weighted by atomic mass is 10.3. The molecule has 0 heterocycles. The Labute approximate surface area is 126 Å². The largest absolute Gasteiger partial charge is 0.396 e. The molecule has 0 aliphatic rings. The van der Waals surface area contributed by atoms with Crippen molar-refractivity contribution in [2.45, 2.75) is 52.9 Å². The van der Waals surface area contributed by atoms with E-state index in [1.54, 1.807) is 0 Å². The highest BCUT2D eigenvalue weighted by molar-refractivity contribution is 4.56. The van der Waals surface area contributed by atoms with E-state index in [1.807, 2.05) is 13.8 Å². The molecule has 0 amide bonds. The summed E-state index contributed by atoms with van der Waals surface area (Å²) in [4.78, 5) is 2.43. The fourth-order valence-electron chi connectivity index (χ4n) is 1.22. The van der Waals surface area contributed by atoms with Crippen LogP contribution in [-0.2, 0) is 0 Å². The zero-order chi connectivity index (χ0) is 16.1. The van der Waals surface area contributed by atoms with E-state index in [1.165, 1.54) is 13.0 Å². The van der Waals surface area contributed by atoms with Crippen LogP contribution in [0.2, 0.25) is 0 Å². The van der Waals surface area contributed by atoms with Crippen molar-refractivity contribution in [3.05, 3.63) is 0 Å². The van der Waals surface area contributed by atoms with Crippen LogP contribution in [0.25, 0.3) is 0 Å². The number of nitrogens with zero attached hydrogens (tertiary/aromatic N) is 1. The van der Waals surface area contributed by atoms with Crippen LogP contribution >= 0.6 is 0 Å². The van der Waals surface area contributed by atoms with Crippen molar-refractivity contribution >= 4 is 0 Å². The van der Waals surface area contributed by atoms with Gasteiger partial charge in [-0.2, -0.15) is 0 Å². The van der Waals surface area contributed by atoms with E-state index < -0.39 is 0 Å². The molecule has 0 rings (SSSR count). The fourth-order valence-corrected chi connectivity index (χ4v) is 1.22. The first-order valence-electron chi connectivity index (χ1n) is 8.02. The van der Waals surface area contributed by atoms with Gasteiger partial charge in [0, 0.05) is 13.2 Å². The second-order valence-corrected chi connectivity index (χ2v) is 4.52. The minimum atomic E-state index is 0.319. The van der Waals surface area contributed by atoms with Gasteiger partial charge in [-0.1, -0.05) is 20.8 Å². The van der Waals surface area contributed by atoms with Gasteiger partial charge in [-0.05, 0) is 64.8 Å². The van der Waals surface area contributed by atoms with Gasteiger partial charge in [0.05, 0.1) is 0 Å². The molecule has 126 valence electrons. The lowest BCUT2D eigenvalue weighted by Gasteiger charge is -2.19. The topological polar surface area (TPSA) is 95.7 Å². The van der Waals surface area contributed by atoms with Gasteiger partial charge in [0.15, 0.2) is 0 Å². The SMILES string of the molecule is CCCO.CCCO.CCN(CCCN)CCCCN. The number of nitrogens with two attached hydrogens (primary N) is 2. The Morgan fingerprint density at radius 2 is 1.15 bits per heavy atom. The third-order valence-electron chi connectivity index (χ3n) is 2.50. The first kappa shape index (κ1) is 24.8. The molecular formula is C15H39N3O2. The highest BCUT2D eigenvalue weighted by Gasteiger charge is 1.99. The molecule has 0 aliphatic carbocycles. The molecule has 0 unspecified atom stereocenters. The van der Waals surface area contributed by atoms with Crippen molar-refractivity contribution in [1.29, 1.82) is 0 Å². The summed E-state index contributed by atoms with van der Waals surface area (Å²) in [6, 6.07) is 0. The van der Waals surface area contributed by atoms with Gasteiger partial charge in [0.25, 0.3) is 0 Å². The van der Waals surface area contributed by atoms with Crippen LogP contribution in [0, 0.1) is 0 Å². The zero-order valence-electron chi connectivity index (χ0n) is 14.0. The van der Waals surface area contributed by atoms with Crippen LogP contribution in [0.5, 0.6) is 0 Å². The summed E-state index contributed by atoms with van der Waals surface area (Å²) in [5.74, 6) is 0. The van der Waals surface area contributed by atoms with Crippen LogP contribution in [0.15, 0.2) is 0 Å². The number of hydrogen-bond donors (Lipinski definition) is 4. The van der Waals surface area contributed by atoms with E-state index in [0.717, 1.165) is 51.9 Å². The average Bonchev–Trinajstić information content (AvgIpc) is 2.51. The highest BCUT2D eigenvalue weighted by atomic mass is 16.3. The van der Waals surface area contributed by atoms with Gasteiger partial charge in [-0.25, -0.2) is 0 Å². The van der Waals surface area contributed by atoms with Gasteiger partial charge in [0.1, 0.15) is 0 Å². The molecule has 0 saturated heterocycles. The zero-order valence-corrected chi connectivity index (χ0v) is 14.0. The molecule has 5 nitrogen and oxygen atoms in total. The van der Waals surface area contributed by atoms with Crippen molar-refractivity contribution in [2.75, 3.05) is 45.9 Å². The van der Waals surface area contributed by atoms with Crippen molar-refractivity contribution in [3.8, 4) is 0 Å². The van der Waals surface area contributed by atoms with E-state index >= 15 is 0 Å². The normalized spacial score (nSPS) is 9.60. The molecule has 0 aromatic heterocycles. The maximum atomic E-state index is 7.88. The van der Waals surface area contributed by atoms with E-state index in [4.69, 9.17) is 21.7 Å². The summed E-state index contributed by atoms with van der Waals surface area (Å²) in [5, 5.41) is 15.8. The second kappa shape index (κ2) is 27.2. The molecular weight excluding hydrogens is 254 g/mol. The third kappa shape index (κ3) is 30.7. The lowest BCUT2D eigenvalue weighted by Crippen LogP contribution is -2.27. The molecule has 0 aliphatic heterocycles. The smallest absolute Gasteiger partial charge is 0.0428 e. The fraction of sp³-hybridized carbons (Fsp3) is 1.00. The van der Waals surface area contributed by atoms with Crippen LogP contribution in [0.4, 0.5) is 0 Å². The first-order valence-corrected chi connectivity index (χ1v) is 8.02. The standard InChI is InChI=1S/C9H23N3.2C3H8O/c1-2-12(9-5-7-11)8-4-3-6-10;2*1-2-3-4/h2-11H2,1H3;2*4H,2-3H2,1H3. The third-order valence-corrected chi connectivity index (χ3v) is 2.50. The van der Waals surface area contributed by atoms with E-state index in [-0.39, 0.29) is 0 Å². The molecule has 0 radical (unpaired) electrons. The maximum Gasteiger partial charge on any atom is 0.0428 e. The number of hydrogen-bond acceptors (Lipinski definition) is 5. The molecule has 0 bridgehead atoms. The summed E-state index contributed by atoms with van der Waals surface area (Å²) in [6.07, 6.45) is 5.21. The minimum Gasteiger partial charge on any atom is -0.396 e. The van der Waals surface area contributed by atoms with Crippen LogP contribution in [-0.4, -0.2) is 61.1 Å². The summed E-state index contributed by atoms with van der Waals surface area (Å²) >= 11 is 0. The molecule has 0 atom stereocenters. The van der Waals surface area contributed by atoms with E-state index in [0.29, 0.717) is 13.2 Å². The molecule has 0 saturated carbocycles. The Kier molecular flexibility index (Phi) is 33.7. The lowest BCUT2D eigenvalue weighted by molar-refractivity contribution is 0.280. The molecule has 0 aromatic rings. The molecule has 0 fully saturated rings. The van der Waals surface area contributed by atoms with Crippen molar-refractivity contribution < 1.29 is 10.2 Å². The van der Waals surface area contributed by atoms with Gasteiger partial charge < -0.3 is 26.6 Å². The molecule has 0 aromatic carbocycles. The van der Waals surface area contributed by atoms with Gasteiger partial charge in [-0.3, -0.25) is 0 Å². The maximum absolute atomic E-state index is 7.88. The Balaban J connectivity index is -0.000000297. The van der Waals surface area contributed by atoms with Gasteiger partial charge in [0.2, 0.25) is 0 Å². The Hall–Kier alpha value is -0.200. The Morgan fingerprint density at radius 1 is 0.750 bits per heavy atom.